The largest absolute Gasteiger partial charge is 0.316 e. The summed E-state index contributed by atoms with van der Waals surface area (Å²) in [6.45, 7) is 7.39. The number of fused-ring (bicyclic) bond motifs is 2. The zero-order chi connectivity index (χ0) is 8.98. The first-order valence-corrected chi connectivity index (χ1v) is 5.19. The standard InChI is InChI=1S/C11H21N/c1-10(2)8-5-6-11(10,3)9(7-8)12-4/h8-9,12H,5-7H2,1-4H3/t8-,9?,11+/m0/s1. The molecule has 1 heteroatoms. The highest BCUT2D eigenvalue weighted by Gasteiger charge is 2.60. The Bertz CT molecular complexity index is 197. The van der Waals surface area contributed by atoms with Gasteiger partial charge in [0.15, 0.2) is 0 Å². The Morgan fingerprint density at radius 3 is 2.17 bits per heavy atom. The van der Waals surface area contributed by atoms with E-state index < -0.39 is 0 Å². The zero-order valence-corrected chi connectivity index (χ0v) is 8.78. The van der Waals surface area contributed by atoms with Gasteiger partial charge in [0.25, 0.3) is 0 Å². The molecule has 1 unspecified atom stereocenters. The van der Waals surface area contributed by atoms with Crippen molar-refractivity contribution in [1.29, 1.82) is 0 Å². The predicted octanol–water partition coefficient (Wildman–Crippen LogP) is 2.42. The summed E-state index contributed by atoms with van der Waals surface area (Å²) in [7, 11) is 2.12. The lowest BCUT2D eigenvalue weighted by atomic mass is 9.69. The van der Waals surface area contributed by atoms with Crippen LogP contribution in [0.15, 0.2) is 0 Å². The molecule has 2 fully saturated rings. The van der Waals surface area contributed by atoms with Gasteiger partial charge in [-0.15, -0.1) is 0 Å². The lowest BCUT2D eigenvalue weighted by Gasteiger charge is -2.39. The molecule has 12 heavy (non-hydrogen) atoms. The van der Waals surface area contributed by atoms with E-state index in [4.69, 9.17) is 0 Å². The van der Waals surface area contributed by atoms with Crippen LogP contribution in [0.1, 0.15) is 40.0 Å². The third-order valence-electron chi connectivity index (χ3n) is 5.14. The minimum absolute atomic E-state index is 0.562. The lowest BCUT2D eigenvalue weighted by Crippen LogP contribution is -2.42. The molecule has 2 bridgehead atoms. The fourth-order valence-corrected chi connectivity index (χ4v) is 3.64. The molecule has 1 N–H and O–H groups in total. The molecule has 0 amide bonds. The summed E-state index contributed by atoms with van der Waals surface area (Å²) >= 11 is 0. The van der Waals surface area contributed by atoms with Crippen LogP contribution in [0.4, 0.5) is 0 Å². The van der Waals surface area contributed by atoms with Crippen LogP contribution in [0.5, 0.6) is 0 Å². The van der Waals surface area contributed by atoms with Crippen molar-refractivity contribution < 1.29 is 0 Å². The maximum Gasteiger partial charge on any atom is 0.0126 e. The maximum atomic E-state index is 3.49. The highest BCUT2D eigenvalue weighted by molar-refractivity contribution is 5.12. The van der Waals surface area contributed by atoms with Crippen molar-refractivity contribution in [2.75, 3.05) is 7.05 Å². The monoisotopic (exact) mass is 167 g/mol. The van der Waals surface area contributed by atoms with E-state index in [9.17, 15) is 0 Å². The normalized spacial score (nSPS) is 50.0. The van der Waals surface area contributed by atoms with Gasteiger partial charge in [0.1, 0.15) is 0 Å². The number of hydrogen-bond acceptors (Lipinski definition) is 1. The van der Waals surface area contributed by atoms with Crippen LogP contribution >= 0.6 is 0 Å². The van der Waals surface area contributed by atoms with Crippen LogP contribution in [-0.2, 0) is 0 Å². The SMILES string of the molecule is CNC1C[C@@H]2CC[C@@]1(C)C2(C)C. The average Bonchev–Trinajstić information content (AvgIpc) is 2.34. The highest BCUT2D eigenvalue weighted by atomic mass is 14.9. The highest BCUT2D eigenvalue weighted by Crippen LogP contribution is 2.65. The summed E-state index contributed by atoms with van der Waals surface area (Å²) in [4.78, 5) is 0. The predicted molar refractivity (Wildman–Crippen MR) is 52.1 cm³/mol. The van der Waals surface area contributed by atoms with Gasteiger partial charge in [0, 0.05) is 6.04 Å². The first-order chi connectivity index (χ1) is 5.52. The molecule has 2 rings (SSSR count). The molecule has 0 aromatic rings. The second-order valence-electron chi connectivity index (χ2n) is 5.45. The molecule has 0 saturated heterocycles. The van der Waals surface area contributed by atoms with Gasteiger partial charge in [0.2, 0.25) is 0 Å². The van der Waals surface area contributed by atoms with Gasteiger partial charge < -0.3 is 5.32 Å². The molecule has 0 heterocycles. The van der Waals surface area contributed by atoms with Gasteiger partial charge in [0.05, 0.1) is 0 Å². The summed E-state index contributed by atoms with van der Waals surface area (Å²) in [5.74, 6) is 0.972. The lowest BCUT2D eigenvalue weighted by molar-refractivity contribution is 0.125. The van der Waals surface area contributed by atoms with Crippen molar-refractivity contribution >= 4 is 0 Å². The molecular weight excluding hydrogens is 146 g/mol. The van der Waals surface area contributed by atoms with E-state index in [0.717, 1.165) is 12.0 Å². The van der Waals surface area contributed by atoms with Crippen LogP contribution in [0.2, 0.25) is 0 Å². The zero-order valence-electron chi connectivity index (χ0n) is 8.78. The van der Waals surface area contributed by atoms with Gasteiger partial charge >= 0.3 is 0 Å². The minimum atomic E-state index is 0.562. The average molecular weight is 167 g/mol. The van der Waals surface area contributed by atoms with Crippen molar-refractivity contribution in [2.24, 2.45) is 16.7 Å². The molecule has 0 aliphatic heterocycles. The molecule has 1 nitrogen and oxygen atoms in total. The maximum absolute atomic E-state index is 3.49. The minimum Gasteiger partial charge on any atom is -0.316 e. The molecular formula is C11H21N. The first-order valence-electron chi connectivity index (χ1n) is 5.19. The second-order valence-corrected chi connectivity index (χ2v) is 5.45. The van der Waals surface area contributed by atoms with Crippen LogP contribution in [0, 0.1) is 16.7 Å². The van der Waals surface area contributed by atoms with Crippen LogP contribution in [0.25, 0.3) is 0 Å². The Balaban J connectivity index is 2.33. The van der Waals surface area contributed by atoms with E-state index in [-0.39, 0.29) is 0 Å². The molecule has 0 spiro atoms. The van der Waals surface area contributed by atoms with Gasteiger partial charge in [-0.3, -0.25) is 0 Å². The van der Waals surface area contributed by atoms with Crippen molar-refractivity contribution in [3.63, 3.8) is 0 Å². The van der Waals surface area contributed by atoms with Crippen molar-refractivity contribution in [3.8, 4) is 0 Å². The number of hydrogen-bond donors (Lipinski definition) is 1. The molecule has 70 valence electrons. The Morgan fingerprint density at radius 1 is 1.25 bits per heavy atom. The Morgan fingerprint density at radius 2 is 1.92 bits per heavy atom. The first kappa shape index (κ1) is 8.55. The van der Waals surface area contributed by atoms with Crippen LogP contribution in [0.3, 0.4) is 0 Å². The molecule has 2 aliphatic rings. The molecule has 0 radical (unpaired) electrons. The smallest absolute Gasteiger partial charge is 0.0126 e. The van der Waals surface area contributed by atoms with E-state index in [0.29, 0.717) is 10.8 Å². The Labute approximate surface area is 75.9 Å². The summed E-state index contributed by atoms with van der Waals surface area (Å²) < 4.78 is 0. The summed E-state index contributed by atoms with van der Waals surface area (Å²) in [5.41, 5.74) is 1.13. The van der Waals surface area contributed by atoms with E-state index in [1.165, 1.54) is 19.3 Å². The summed E-state index contributed by atoms with van der Waals surface area (Å²) in [5, 5.41) is 3.49. The molecule has 2 aliphatic carbocycles. The van der Waals surface area contributed by atoms with Gasteiger partial charge in [-0.05, 0) is 43.1 Å². The van der Waals surface area contributed by atoms with Gasteiger partial charge in [-0.1, -0.05) is 20.8 Å². The van der Waals surface area contributed by atoms with Crippen molar-refractivity contribution in [3.05, 3.63) is 0 Å². The molecule has 0 aromatic carbocycles. The quantitative estimate of drug-likeness (QED) is 0.632. The fraction of sp³-hybridized carbons (Fsp3) is 1.00. The van der Waals surface area contributed by atoms with E-state index in [1.54, 1.807) is 0 Å². The van der Waals surface area contributed by atoms with E-state index in [2.05, 4.69) is 33.1 Å². The molecule has 2 saturated carbocycles. The summed E-state index contributed by atoms with van der Waals surface area (Å²) in [6, 6.07) is 0.770. The number of nitrogens with one attached hydrogen (secondary N) is 1. The fourth-order valence-electron chi connectivity index (χ4n) is 3.64. The van der Waals surface area contributed by atoms with E-state index >= 15 is 0 Å². The van der Waals surface area contributed by atoms with Crippen LogP contribution < -0.4 is 5.32 Å². The van der Waals surface area contributed by atoms with Gasteiger partial charge in [-0.25, -0.2) is 0 Å². The topological polar surface area (TPSA) is 12.0 Å². The third kappa shape index (κ3) is 0.736. The summed E-state index contributed by atoms with van der Waals surface area (Å²) in [6.07, 6.45) is 4.29. The molecule has 3 atom stereocenters. The van der Waals surface area contributed by atoms with Crippen molar-refractivity contribution in [2.45, 2.75) is 46.1 Å². The van der Waals surface area contributed by atoms with Crippen LogP contribution in [-0.4, -0.2) is 13.1 Å². The molecule has 0 aromatic heterocycles. The van der Waals surface area contributed by atoms with Crippen molar-refractivity contribution in [1.82, 2.24) is 5.32 Å². The second kappa shape index (κ2) is 2.25. The van der Waals surface area contributed by atoms with Gasteiger partial charge in [-0.2, -0.15) is 0 Å². The third-order valence-corrected chi connectivity index (χ3v) is 5.14. The number of rotatable bonds is 1. The Hall–Kier alpha value is -0.0400. The van der Waals surface area contributed by atoms with E-state index in [1.807, 2.05) is 0 Å². The Kier molecular flexibility index (Phi) is 1.61.